The average molecular weight is 441 g/mol. The number of carbonyl (C=O) groups is 2. The van der Waals surface area contributed by atoms with Crippen molar-refractivity contribution >= 4 is 33.6 Å². The zero-order valence-electron chi connectivity index (χ0n) is 16.8. The van der Waals surface area contributed by atoms with Gasteiger partial charge < -0.3 is 19.3 Å². The van der Waals surface area contributed by atoms with Crippen LogP contribution < -0.4 is 9.64 Å². The molecule has 2 amide bonds. The molecule has 6 nitrogen and oxygen atoms in total. The second kappa shape index (κ2) is 8.95. The number of amides is 2. The fraction of sp³-hybridized carbons (Fsp3) is 0.600. The molecule has 1 fully saturated rings. The summed E-state index contributed by atoms with van der Waals surface area (Å²) in [5.74, 6) is 0.677. The van der Waals surface area contributed by atoms with E-state index in [0.29, 0.717) is 38.2 Å². The maximum absolute atomic E-state index is 13.1. The molecule has 0 aromatic heterocycles. The van der Waals surface area contributed by atoms with E-state index in [1.54, 1.807) is 16.9 Å². The van der Waals surface area contributed by atoms with E-state index in [1.165, 1.54) is 0 Å². The highest BCUT2D eigenvalue weighted by Crippen LogP contribution is 2.32. The highest BCUT2D eigenvalue weighted by atomic mass is 79.9. The van der Waals surface area contributed by atoms with Gasteiger partial charge in [0.15, 0.2) is 0 Å². The minimum Gasteiger partial charge on any atom is -0.497 e. The van der Waals surface area contributed by atoms with E-state index in [4.69, 9.17) is 9.47 Å². The third-order valence-corrected chi connectivity index (χ3v) is 5.19. The van der Waals surface area contributed by atoms with Crippen LogP contribution in [0.15, 0.2) is 22.7 Å². The molecule has 0 unspecified atom stereocenters. The van der Waals surface area contributed by atoms with Gasteiger partial charge in [0.2, 0.25) is 5.91 Å². The van der Waals surface area contributed by atoms with E-state index in [2.05, 4.69) is 15.9 Å². The summed E-state index contributed by atoms with van der Waals surface area (Å²) in [4.78, 5) is 28.8. The largest absolute Gasteiger partial charge is 0.497 e. The maximum atomic E-state index is 13.1. The van der Waals surface area contributed by atoms with Gasteiger partial charge in [-0.15, -0.1) is 0 Å². The zero-order valence-corrected chi connectivity index (χ0v) is 18.3. The molecule has 0 spiro atoms. The number of methoxy groups -OCH3 is 1. The summed E-state index contributed by atoms with van der Waals surface area (Å²) in [5, 5.41) is 0. The molecule has 1 heterocycles. The lowest BCUT2D eigenvalue weighted by molar-refractivity contribution is -0.123. The van der Waals surface area contributed by atoms with Gasteiger partial charge in [0.25, 0.3) is 0 Å². The maximum Gasteiger partial charge on any atom is 0.410 e. The lowest BCUT2D eigenvalue weighted by atomic mass is 9.95. The number of piperidine rings is 1. The molecular formula is C20H29BrN2O4. The quantitative estimate of drug-likeness (QED) is 0.693. The molecule has 2 rings (SSSR count). The van der Waals surface area contributed by atoms with Crippen LogP contribution in [-0.2, 0) is 9.53 Å². The molecule has 27 heavy (non-hydrogen) atoms. The van der Waals surface area contributed by atoms with Crippen molar-refractivity contribution in [2.45, 2.75) is 46.1 Å². The minimum absolute atomic E-state index is 0.0790. The number of anilines is 1. The van der Waals surface area contributed by atoms with Crippen LogP contribution in [0.4, 0.5) is 10.5 Å². The van der Waals surface area contributed by atoms with Crippen LogP contribution in [-0.4, -0.2) is 49.2 Å². The Kier molecular flexibility index (Phi) is 7.14. The molecule has 0 radical (unpaired) electrons. The van der Waals surface area contributed by atoms with Crippen molar-refractivity contribution in [3.05, 3.63) is 22.7 Å². The summed E-state index contributed by atoms with van der Waals surface area (Å²) < 4.78 is 11.6. The van der Waals surface area contributed by atoms with Crippen molar-refractivity contribution in [3.63, 3.8) is 0 Å². The number of likely N-dealkylation sites (tertiary alicyclic amines) is 1. The van der Waals surface area contributed by atoms with Gasteiger partial charge in [0.05, 0.1) is 12.8 Å². The molecular weight excluding hydrogens is 412 g/mol. The number of benzene rings is 1. The number of halogens is 1. The predicted molar refractivity (Wildman–Crippen MR) is 109 cm³/mol. The number of nitrogens with zero attached hydrogens (tertiary/aromatic N) is 2. The highest BCUT2D eigenvalue weighted by Gasteiger charge is 2.32. The minimum atomic E-state index is -0.512. The van der Waals surface area contributed by atoms with Crippen LogP contribution in [0.2, 0.25) is 0 Å². The SMILES string of the molecule is CCN(C(=O)C1CCN(C(=O)OC(C)(C)C)CC1)c1cc(OC)ccc1Br. The van der Waals surface area contributed by atoms with Crippen LogP contribution in [0, 0.1) is 5.92 Å². The lowest BCUT2D eigenvalue weighted by Gasteiger charge is -2.35. The van der Waals surface area contributed by atoms with Gasteiger partial charge in [-0.2, -0.15) is 0 Å². The van der Waals surface area contributed by atoms with Crippen molar-refractivity contribution in [1.29, 1.82) is 0 Å². The monoisotopic (exact) mass is 440 g/mol. The molecule has 150 valence electrons. The first-order valence-corrected chi connectivity index (χ1v) is 10.1. The molecule has 1 aliphatic heterocycles. The summed E-state index contributed by atoms with van der Waals surface area (Å²) in [6, 6.07) is 5.60. The fourth-order valence-corrected chi connectivity index (χ4v) is 3.59. The lowest BCUT2D eigenvalue weighted by Crippen LogP contribution is -2.46. The summed E-state index contributed by atoms with van der Waals surface area (Å²) in [7, 11) is 1.61. The van der Waals surface area contributed by atoms with Gasteiger partial charge in [0.1, 0.15) is 11.4 Å². The Bertz CT molecular complexity index is 679. The van der Waals surface area contributed by atoms with Crippen molar-refractivity contribution in [3.8, 4) is 5.75 Å². The smallest absolute Gasteiger partial charge is 0.410 e. The molecule has 7 heteroatoms. The Labute approximate surface area is 169 Å². The Morgan fingerprint density at radius 3 is 2.41 bits per heavy atom. The van der Waals surface area contributed by atoms with Crippen molar-refractivity contribution in [2.75, 3.05) is 31.6 Å². The number of hydrogen-bond donors (Lipinski definition) is 0. The Morgan fingerprint density at radius 2 is 1.89 bits per heavy atom. The van der Waals surface area contributed by atoms with Gasteiger partial charge in [-0.05, 0) is 68.6 Å². The van der Waals surface area contributed by atoms with E-state index in [-0.39, 0.29) is 17.9 Å². The van der Waals surface area contributed by atoms with Crippen molar-refractivity contribution < 1.29 is 19.1 Å². The normalized spacial score (nSPS) is 15.4. The molecule has 0 saturated carbocycles. The van der Waals surface area contributed by atoms with Gasteiger partial charge >= 0.3 is 6.09 Å². The first-order chi connectivity index (χ1) is 12.7. The van der Waals surface area contributed by atoms with Gasteiger partial charge in [0, 0.05) is 36.1 Å². The molecule has 1 saturated heterocycles. The Morgan fingerprint density at radius 1 is 1.26 bits per heavy atom. The summed E-state index contributed by atoms with van der Waals surface area (Å²) >= 11 is 3.53. The van der Waals surface area contributed by atoms with Gasteiger partial charge in [-0.1, -0.05) is 0 Å². The van der Waals surface area contributed by atoms with Crippen LogP contribution in [0.3, 0.4) is 0 Å². The fourth-order valence-electron chi connectivity index (χ4n) is 3.13. The van der Waals surface area contributed by atoms with Gasteiger partial charge in [-0.25, -0.2) is 4.79 Å². The van der Waals surface area contributed by atoms with Gasteiger partial charge in [-0.3, -0.25) is 4.79 Å². The van der Waals surface area contributed by atoms with Crippen LogP contribution in [0.5, 0.6) is 5.75 Å². The van der Waals surface area contributed by atoms with Crippen molar-refractivity contribution in [1.82, 2.24) is 4.90 Å². The van der Waals surface area contributed by atoms with Crippen molar-refractivity contribution in [2.24, 2.45) is 5.92 Å². The first-order valence-electron chi connectivity index (χ1n) is 9.29. The Balaban J connectivity index is 2.04. The topological polar surface area (TPSA) is 59.1 Å². The van der Waals surface area contributed by atoms with Crippen LogP contribution in [0.25, 0.3) is 0 Å². The second-order valence-corrected chi connectivity index (χ2v) is 8.50. The predicted octanol–water partition coefficient (Wildman–Crippen LogP) is 4.46. The summed E-state index contributed by atoms with van der Waals surface area (Å²) in [5.41, 5.74) is 0.290. The number of ether oxygens (including phenoxy) is 2. The van der Waals surface area contributed by atoms with Crippen LogP contribution in [0.1, 0.15) is 40.5 Å². The standard InChI is InChI=1S/C20H29BrN2O4/c1-6-23(17-13-15(26-5)7-8-16(17)21)18(24)14-9-11-22(12-10-14)19(25)27-20(2,3)4/h7-8,13-14H,6,9-12H2,1-5H3. The molecule has 0 N–H and O–H groups in total. The van der Waals surface area contributed by atoms with E-state index in [9.17, 15) is 9.59 Å². The summed E-state index contributed by atoms with van der Waals surface area (Å²) in [6.45, 7) is 9.14. The third kappa shape index (κ3) is 5.61. The van der Waals surface area contributed by atoms with Crippen LogP contribution >= 0.6 is 15.9 Å². The number of hydrogen-bond acceptors (Lipinski definition) is 4. The molecule has 1 aromatic rings. The van der Waals surface area contributed by atoms with E-state index < -0.39 is 5.60 Å². The number of rotatable bonds is 4. The first kappa shape index (κ1) is 21.5. The molecule has 0 bridgehead atoms. The van der Waals surface area contributed by atoms with E-state index >= 15 is 0 Å². The molecule has 1 aromatic carbocycles. The Hall–Kier alpha value is -1.76. The molecule has 0 aliphatic carbocycles. The third-order valence-electron chi connectivity index (χ3n) is 4.52. The summed E-state index contributed by atoms with van der Waals surface area (Å²) in [6.07, 6.45) is 0.961. The molecule has 1 aliphatic rings. The molecule has 0 atom stereocenters. The zero-order chi connectivity index (χ0) is 20.2. The highest BCUT2D eigenvalue weighted by molar-refractivity contribution is 9.10. The van der Waals surface area contributed by atoms with E-state index in [0.717, 1.165) is 10.2 Å². The number of carbonyl (C=O) groups excluding carboxylic acids is 2. The van der Waals surface area contributed by atoms with E-state index in [1.807, 2.05) is 45.9 Å². The average Bonchev–Trinajstić information content (AvgIpc) is 2.62. The second-order valence-electron chi connectivity index (χ2n) is 7.64.